The Bertz CT molecular complexity index is 833. The molecule has 0 spiro atoms. The first-order valence-electron chi connectivity index (χ1n) is 10.3. The van der Waals surface area contributed by atoms with Crippen molar-refractivity contribution in [2.24, 2.45) is 5.92 Å². The minimum Gasteiger partial charge on any atom is -0.460 e. The molecule has 162 valence electrons. The fraction of sp³-hybridized carbons (Fsp3) is 0.500. The van der Waals surface area contributed by atoms with Gasteiger partial charge >= 0.3 is 5.97 Å². The molecule has 2 aliphatic rings. The van der Waals surface area contributed by atoms with Crippen LogP contribution in [0.25, 0.3) is 0 Å². The smallest absolute Gasteiger partial charge is 0.338 e. The van der Waals surface area contributed by atoms with E-state index in [0.717, 1.165) is 36.2 Å². The number of carbonyl (C=O) groups is 2. The van der Waals surface area contributed by atoms with Gasteiger partial charge in [0.2, 0.25) is 5.91 Å². The largest absolute Gasteiger partial charge is 0.460 e. The van der Waals surface area contributed by atoms with Crippen LogP contribution in [0.2, 0.25) is 0 Å². The van der Waals surface area contributed by atoms with Gasteiger partial charge in [0.15, 0.2) is 5.11 Å². The number of methoxy groups -OCH3 is 1. The number of esters is 1. The van der Waals surface area contributed by atoms with Crippen molar-refractivity contribution < 1.29 is 19.1 Å². The molecule has 0 radical (unpaired) electrons. The Morgan fingerprint density at radius 2 is 1.93 bits per heavy atom. The van der Waals surface area contributed by atoms with Crippen molar-refractivity contribution in [1.82, 2.24) is 10.2 Å². The molecule has 7 nitrogen and oxygen atoms in total. The molecule has 1 unspecified atom stereocenters. The van der Waals surface area contributed by atoms with Crippen molar-refractivity contribution in [3.05, 3.63) is 41.1 Å². The number of ether oxygens (including phenoxy) is 2. The fourth-order valence-electron chi connectivity index (χ4n) is 3.65. The standard InChI is InChI=1S/C22H29N3O4S/c1-4-25-14(2)18(21(27)29-13-12-28-3)19(24-22(25)30)15-8-10-17(11-9-15)23-20(26)16-6-5-7-16/h8-11,16,19H,4-7,12-13H2,1-3H3,(H,23,26)(H,24,30). The quantitative estimate of drug-likeness (QED) is 0.372. The molecular formula is C22H29N3O4S. The van der Waals surface area contributed by atoms with Crippen LogP contribution in [-0.2, 0) is 19.1 Å². The van der Waals surface area contributed by atoms with E-state index in [0.29, 0.717) is 23.8 Å². The number of nitrogens with zero attached hydrogens (tertiary/aromatic N) is 1. The van der Waals surface area contributed by atoms with Crippen LogP contribution >= 0.6 is 12.2 Å². The fourth-order valence-corrected chi connectivity index (χ4v) is 4.03. The number of rotatable bonds is 8. The van der Waals surface area contributed by atoms with E-state index in [4.69, 9.17) is 21.7 Å². The first-order chi connectivity index (χ1) is 14.5. The van der Waals surface area contributed by atoms with Crippen molar-refractivity contribution >= 4 is 34.9 Å². The zero-order valence-electron chi connectivity index (χ0n) is 17.7. The third-order valence-corrected chi connectivity index (χ3v) is 5.98. The van der Waals surface area contributed by atoms with Crippen molar-refractivity contribution in [3.8, 4) is 0 Å². The van der Waals surface area contributed by atoms with E-state index >= 15 is 0 Å². The van der Waals surface area contributed by atoms with Crippen molar-refractivity contribution in [2.45, 2.75) is 39.2 Å². The second-order valence-electron chi connectivity index (χ2n) is 7.49. The van der Waals surface area contributed by atoms with Crippen molar-refractivity contribution in [1.29, 1.82) is 0 Å². The number of hydrogen-bond acceptors (Lipinski definition) is 5. The van der Waals surface area contributed by atoms with Gasteiger partial charge in [-0.15, -0.1) is 0 Å². The number of anilines is 1. The number of nitrogens with one attached hydrogen (secondary N) is 2. The highest BCUT2D eigenvalue weighted by atomic mass is 32.1. The minimum atomic E-state index is -0.424. The van der Waals surface area contributed by atoms with Crippen LogP contribution < -0.4 is 10.6 Å². The molecule has 3 rings (SSSR count). The van der Waals surface area contributed by atoms with Crippen LogP contribution in [0.1, 0.15) is 44.7 Å². The zero-order chi connectivity index (χ0) is 21.7. The Labute approximate surface area is 182 Å². The lowest BCUT2D eigenvalue weighted by atomic mass is 9.85. The third kappa shape index (κ3) is 4.82. The summed E-state index contributed by atoms with van der Waals surface area (Å²) in [5.41, 5.74) is 2.91. The molecule has 1 fully saturated rings. The number of allylic oxidation sites excluding steroid dienone is 1. The summed E-state index contributed by atoms with van der Waals surface area (Å²) in [6.07, 6.45) is 3.04. The second-order valence-corrected chi connectivity index (χ2v) is 7.88. The predicted molar refractivity (Wildman–Crippen MR) is 119 cm³/mol. The lowest BCUT2D eigenvalue weighted by Crippen LogP contribution is -2.47. The maximum atomic E-state index is 12.9. The Morgan fingerprint density at radius 1 is 1.23 bits per heavy atom. The van der Waals surface area contributed by atoms with Gasteiger partial charge in [0.05, 0.1) is 18.2 Å². The average Bonchev–Trinajstić information content (AvgIpc) is 2.67. The molecule has 2 N–H and O–H groups in total. The SMILES string of the molecule is CCN1C(=S)NC(c2ccc(NC(=O)C3CCC3)cc2)C(C(=O)OCCOC)=C1C. The molecule has 1 aliphatic carbocycles. The summed E-state index contributed by atoms with van der Waals surface area (Å²) < 4.78 is 10.4. The maximum Gasteiger partial charge on any atom is 0.338 e. The van der Waals surface area contributed by atoms with Crippen LogP contribution in [0.4, 0.5) is 5.69 Å². The molecule has 1 amide bonds. The Kier molecular flexibility index (Phi) is 7.44. The summed E-state index contributed by atoms with van der Waals surface area (Å²) in [6, 6.07) is 7.08. The zero-order valence-corrected chi connectivity index (χ0v) is 18.5. The van der Waals surface area contributed by atoms with Gasteiger partial charge in [-0.1, -0.05) is 18.6 Å². The summed E-state index contributed by atoms with van der Waals surface area (Å²) in [5, 5.41) is 6.79. The normalized spacial score (nSPS) is 19.2. The number of benzene rings is 1. The van der Waals surface area contributed by atoms with Gasteiger partial charge in [0.1, 0.15) is 6.61 Å². The van der Waals surface area contributed by atoms with Gasteiger partial charge < -0.3 is 25.0 Å². The molecule has 1 heterocycles. The highest BCUT2D eigenvalue weighted by Gasteiger charge is 2.34. The number of hydrogen-bond donors (Lipinski definition) is 2. The Morgan fingerprint density at radius 3 is 2.50 bits per heavy atom. The molecule has 1 saturated carbocycles. The Balaban J connectivity index is 1.82. The van der Waals surface area contributed by atoms with Crippen LogP contribution in [-0.4, -0.2) is 48.8 Å². The van der Waals surface area contributed by atoms with E-state index in [2.05, 4.69) is 10.6 Å². The van der Waals surface area contributed by atoms with E-state index in [1.54, 1.807) is 7.11 Å². The predicted octanol–water partition coefficient (Wildman–Crippen LogP) is 3.14. The van der Waals surface area contributed by atoms with Gasteiger partial charge in [0, 0.05) is 31.0 Å². The first-order valence-corrected chi connectivity index (χ1v) is 10.7. The summed E-state index contributed by atoms with van der Waals surface area (Å²) in [5.74, 6) is -0.200. The van der Waals surface area contributed by atoms with Gasteiger partial charge in [-0.25, -0.2) is 4.79 Å². The first kappa shape index (κ1) is 22.2. The maximum absolute atomic E-state index is 12.9. The van der Waals surface area contributed by atoms with Crippen molar-refractivity contribution in [2.75, 3.05) is 32.2 Å². The second kappa shape index (κ2) is 10.0. The van der Waals surface area contributed by atoms with Gasteiger partial charge in [0.25, 0.3) is 0 Å². The van der Waals surface area contributed by atoms with E-state index in [1.807, 2.05) is 43.0 Å². The number of thiocarbonyl (C=S) groups is 1. The molecule has 1 aliphatic heterocycles. The van der Waals surface area contributed by atoms with E-state index in [9.17, 15) is 9.59 Å². The Hall–Kier alpha value is -2.45. The lowest BCUT2D eigenvalue weighted by Gasteiger charge is -2.37. The lowest BCUT2D eigenvalue weighted by molar-refractivity contribution is -0.140. The summed E-state index contributed by atoms with van der Waals surface area (Å²) in [6.45, 7) is 5.02. The molecule has 0 aromatic heterocycles. The highest BCUT2D eigenvalue weighted by Crippen LogP contribution is 2.32. The van der Waals surface area contributed by atoms with Gasteiger partial charge in [-0.05, 0) is 56.6 Å². The highest BCUT2D eigenvalue weighted by molar-refractivity contribution is 7.80. The van der Waals surface area contributed by atoms with E-state index in [1.165, 1.54) is 0 Å². The number of amides is 1. The van der Waals surface area contributed by atoms with Crippen LogP contribution in [0.3, 0.4) is 0 Å². The third-order valence-electron chi connectivity index (χ3n) is 5.64. The van der Waals surface area contributed by atoms with E-state index < -0.39 is 12.0 Å². The topological polar surface area (TPSA) is 79.9 Å². The monoisotopic (exact) mass is 431 g/mol. The summed E-state index contributed by atoms with van der Waals surface area (Å²) >= 11 is 5.51. The minimum absolute atomic E-state index is 0.0720. The molecule has 1 aromatic rings. The van der Waals surface area contributed by atoms with Crippen LogP contribution in [0.5, 0.6) is 0 Å². The molecule has 0 saturated heterocycles. The molecular weight excluding hydrogens is 402 g/mol. The molecule has 1 aromatic carbocycles. The van der Waals surface area contributed by atoms with Crippen LogP contribution in [0, 0.1) is 5.92 Å². The van der Waals surface area contributed by atoms with Gasteiger partial charge in [-0.3, -0.25) is 4.79 Å². The van der Waals surface area contributed by atoms with Crippen LogP contribution in [0.15, 0.2) is 35.5 Å². The summed E-state index contributed by atoms with van der Waals surface area (Å²) in [7, 11) is 1.56. The van der Waals surface area contributed by atoms with E-state index in [-0.39, 0.29) is 18.4 Å². The summed E-state index contributed by atoms with van der Waals surface area (Å²) in [4.78, 5) is 26.9. The molecule has 8 heteroatoms. The van der Waals surface area contributed by atoms with Gasteiger partial charge in [-0.2, -0.15) is 0 Å². The van der Waals surface area contributed by atoms with Crippen molar-refractivity contribution in [3.63, 3.8) is 0 Å². The molecule has 1 atom stereocenters. The molecule has 30 heavy (non-hydrogen) atoms. The average molecular weight is 432 g/mol. The number of carbonyl (C=O) groups excluding carboxylic acids is 2. The molecule has 0 bridgehead atoms.